The van der Waals surface area contributed by atoms with E-state index in [9.17, 15) is 13.2 Å². The molecular formula is C7H2ClF3N2. The summed E-state index contributed by atoms with van der Waals surface area (Å²) in [5, 5.41) is 7.94. The largest absolute Gasteiger partial charge is 0.266 e. The molecule has 0 bridgehead atoms. The molecular weight excluding hydrogens is 205 g/mol. The van der Waals surface area contributed by atoms with E-state index in [0.717, 1.165) is 6.20 Å². The first-order chi connectivity index (χ1) is 6.07. The molecule has 0 saturated heterocycles. The molecule has 0 aliphatic heterocycles. The minimum atomic E-state index is -2.99. The summed E-state index contributed by atoms with van der Waals surface area (Å²) in [7, 11) is 0. The van der Waals surface area contributed by atoms with E-state index in [1.54, 1.807) is 0 Å². The SMILES string of the molecule is N#Cc1c(F)ncc(Cl)c1C(F)F. The van der Waals surface area contributed by atoms with Crippen LogP contribution in [-0.2, 0) is 0 Å². The number of rotatable bonds is 1. The summed E-state index contributed by atoms with van der Waals surface area (Å²) in [4.78, 5) is 3.04. The van der Waals surface area contributed by atoms with E-state index in [-0.39, 0.29) is 0 Å². The Labute approximate surface area is 76.6 Å². The first-order valence-electron chi connectivity index (χ1n) is 3.10. The molecule has 0 unspecified atom stereocenters. The molecule has 2 nitrogen and oxygen atoms in total. The van der Waals surface area contributed by atoms with Crippen LogP contribution in [0.2, 0.25) is 5.02 Å². The fourth-order valence-electron chi connectivity index (χ4n) is 0.798. The van der Waals surface area contributed by atoms with Crippen LogP contribution in [0.1, 0.15) is 17.6 Å². The van der Waals surface area contributed by atoms with Gasteiger partial charge in [0.05, 0.1) is 10.6 Å². The van der Waals surface area contributed by atoms with Crippen molar-refractivity contribution in [3.8, 4) is 6.07 Å². The predicted molar refractivity (Wildman–Crippen MR) is 38.9 cm³/mol. The van der Waals surface area contributed by atoms with Crippen molar-refractivity contribution in [2.45, 2.75) is 6.43 Å². The quantitative estimate of drug-likeness (QED) is 0.663. The molecule has 0 fully saturated rings. The highest BCUT2D eigenvalue weighted by molar-refractivity contribution is 6.31. The smallest absolute Gasteiger partial charge is 0.226 e. The van der Waals surface area contributed by atoms with Crippen molar-refractivity contribution in [1.29, 1.82) is 5.26 Å². The van der Waals surface area contributed by atoms with Crippen LogP contribution in [-0.4, -0.2) is 4.98 Å². The Kier molecular flexibility index (Phi) is 2.73. The van der Waals surface area contributed by atoms with Gasteiger partial charge in [-0.15, -0.1) is 0 Å². The lowest BCUT2D eigenvalue weighted by atomic mass is 10.1. The topological polar surface area (TPSA) is 36.7 Å². The number of nitrogens with zero attached hydrogens (tertiary/aromatic N) is 2. The standard InChI is InChI=1S/C7H2ClF3N2/c8-4-2-13-7(11)3(1-12)5(4)6(9)10/h2,6H. The van der Waals surface area contributed by atoms with Crippen molar-refractivity contribution in [2.75, 3.05) is 0 Å². The Balaban J connectivity index is 3.46. The second-order valence-corrected chi connectivity index (χ2v) is 2.51. The first-order valence-corrected chi connectivity index (χ1v) is 3.48. The van der Waals surface area contributed by atoms with Crippen LogP contribution in [0.25, 0.3) is 0 Å². The number of nitriles is 1. The van der Waals surface area contributed by atoms with Gasteiger partial charge in [-0.1, -0.05) is 11.6 Å². The number of pyridine rings is 1. The van der Waals surface area contributed by atoms with Gasteiger partial charge in [0.1, 0.15) is 11.6 Å². The first kappa shape index (κ1) is 9.81. The lowest BCUT2D eigenvalue weighted by molar-refractivity contribution is 0.150. The van der Waals surface area contributed by atoms with Crippen LogP contribution in [0.15, 0.2) is 6.20 Å². The van der Waals surface area contributed by atoms with E-state index >= 15 is 0 Å². The van der Waals surface area contributed by atoms with Gasteiger partial charge in [-0.25, -0.2) is 13.8 Å². The lowest BCUT2D eigenvalue weighted by Gasteiger charge is -2.04. The van der Waals surface area contributed by atoms with E-state index in [1.165, 1.54) is 6.07 Å². The zero-order valence-corrected chi connectivity index (χ0v) is 6.82. The molecule has 1 aromatic rings. The Morgan fingerprint density at radius 1 is 1.54 bits per heavy atom. The van der Waals surface area contributed by atoms with Crippen LogP contribution in [0, 0.1) is 17.3 Å². The molecule has 6 heteroatoms. The number of alkyl halides is 2. The third-order valence-corrected chi connectivity index (χ3v) is 1.66. The van der Waals surface area contributed by atoms with Crippen LogP contribution in [0.5, 0.6) is 0 Å². The molecule has 13 heavy (non-hydrogen) atoms. The predicted octanol–water partition coefficient (Wildman–Crippen LogP) is 2.68. The minimum Gasteiger partial charge on any atom is -0.226 e. The summed E-state index contributed by atoms with van der Waals surface area (Å²) in [6, 6.07) is 1.28. The van der Waals surface area contributed by atoms with Gasteiger partial charge in [-0.05, 0) is 0 Å². The normalized spacial score (nSPS) is 10.2. The molecule has 1 aromatic heterocycles. The van der Waals surface area contributed by atoms with Crippen molar-refractivity contribution >= 4 is 11.6 Å². The molecule has 0 aliphatic carbocycles. The van der Waals surface area contributed by atoms with E-state index < -0.39 is 28.5 Å². The van der Waals surface area contributed by atoms with Crippen molar-refractivity contribution in [2.24, 2.45) is 0 Å². The zero-order valence-electron chi connectivity index (χ0n) is 6.06. The van der Waals surface area contributed by atoms with E-state index in [2.05, 4.69) is 4.98 Å². The molecule has 0 atom stereocenters. The number of halogens is 4. The van der Waals surface area contributed by atoms with Gasteiger partial charge in [-0.3, -0.25) is 0 Å². The Bertz CT molecular complexity index is 373. The maximum absolute atomic E-state index is 12.7. The summed E-state index contributed by atoms with van der Waals surface area (Å²) >= 11 is 5.31. The van der Waals surface area contributed by atoms with Crippen molar-refractivity contribution in [3.63, 3.8) is 0 Å². The van der Waals surface area contributed by atoms with Gasteiger partial charge >= 0.3 is 0 Å². The van der Waals surface area contributed by atoms with Crippen molar-refractivity contribution in [1.82, 2.24) is 4.98 Å². The van der Waals surface area contributed by atoms with Crippen LogP contribution in [0.3, 0.4) is 0 Å². The van der Waals surface area contributed by atoms with Gasteiger partial charge in [0.15, 0.2) is 0 Å². The van der Waals surface area contributed by atoms with E-state index in [4.69, 9.17) is 16.9 Å². The molecule has 0 N–H and O–H groups in total. The van der Waals surface area contributed by atoms with Gasteiger partial charge in [0, 0.05) is 6.20 Å². The number of aromatic nitrogens is 1. The van der Waals surface area contributed by atoms with E-state index in [0.29, 0.717) is 0 Å². The van der Waals surface area contributed by atoms with E-state index in [1.807, 2.05) is 0 Å². The summed E-state index contributed by atoms with van der Waals surface area (Å²) < 4.78 is 37.1. The minimum absolute atomic E-state index is 0.409. The molecule has 0 saturated carbocycles. The third kappa shape index (κ3) is 1.73. The summed E-state index contributed by atoms with van der Waals surface area (Å²) in [5.74, 6) is -1.23. The highest BCUT2D eigenvalue weighted by Gasteiger charge is 2.21. The molecule has 0 aliphatic rings. The Morgan fingerprint density at radius 3 is 2.54 bits per heavy atom. The van der Waals surface area contributed by atoms with Gasteiger partial charge in [-0.2, -0.15) is 9.65 Å². The second-order valence-electron chi connectivity index (χ2n) is 2.10. The van der Waals surface area contributed by atoms with Gasteiger partial charge in [0.2, 0.25) is 5.95 Å². The molecule has 1 rings (SSSR count). The molecule has 0 amide bonds. The third-order valence-electron chi connectivity index (χ3n) is 1.35. The molecule has 68 valence electrons. The van der Waals surface area contributed by atoms with Crippen LogP contribution >= 0.6 is 11.6 Å². The van der Waals surface area contributed by atoms with Gasteiger partial charge < -0.3 is 0 Å². The average molecular weight is 207 g/mol. The summed E-state index contributed by atoms with van der Waals surface area (Å²) in [5.41, 5.74) is -1.61. The highest BCUT2D eigenvalue weighted by Crippen LogP contribution is 2.30. The fourth-order valence-corrected chi connectivity index (χ4v) is 1.02. The van der Waals surface area contributed by atoms with Gasteiger partial charge in [0.25, 0.3) is 6.43 Å². The zero-order chi connectivity index (χ0) is 10.0. The van der Waals surface area contributed by atoms with Crippen molar-refractivity contribution < 1.29 is 13.2 Å². The average Bonchev–Trinajstić information content (AvgIpc) is 2.07. The maximum Gasteiger partial charge on any atom is 0.266 e. The molecule has 1 heterocycles. The maximum atomic E-state index is 12.7. The highest BCUT2D eigenvalue weighted by atomic mass is 35.5. The second kappa shape index (κ2) is 3.62. The molecule has 0 radical (unpaired) electrons. The molecule has 0 aromatic carbocycles. The number of hydrogen-bond donors (Lipinski definition) is 0. The van der Waals surface area contributed by atoms with Crippen LogP contribution in [0.4, 0.5) is 13.2 Å². The summed E-state index contributed by atoms with van der Waals surface area (Å²) in [6.07, 6.45) is -2.24. The molecule has 0 spiro atoms. The number of hydrogen-bond acceptors (Lipinski definition) is 2. The van der Waals surface area contributed by atoms with Crippen LogP contribution < -0.4 is 0 Å². The Hall–Kier alpha value is -1.28. The Morgan fingerprint density at radius 2 is 2.15 bits per heavy atom. The summed E-state index contributed by atoms with van der Waals surface area (Å²) in [6.45, 7) is 0. The van der Waals surface area contributed by atoms with Crippen molar-refractivity contribution in [3.05, 3.63) is 28.3 Å². The monoisotopic (exact) mass is 206 g/mol. The lowest BCUT2D eigenvalue weighted by Crippen LogP contribution is -1.98. The fraction of sp³-hybridized carbons (Fsp3) is 0.143.